The second-order valence-electron chi connectivity index (χ2n) is 5.63. The van der Waals surface area contributed by atoms with Gasteiger partial charge in [0.05, 0.1) is 0 Å². The average molecular weight is 282 g/mol. The molecule has 0 radical (unpaired) electrons. The van der Waals surface area contributed by atoms with Gasteiger partial charge in [0.2, 0.25) is 0 Å². The lowest BCUT2D eigenvalue weighted by Crippen LogP contribution is -2.55. The molecule has 4 heteroatoms. The van der Waals surface area contributed by atoms with Gasteiger partial charge in [0.15, 0.2) is 11.6 Å². The second kappa shape index (κ2) is 7.14. The minimum absolute atomic E-state index is 0.482. The van der Waals surface area contributed by atoms with Gasteiger partial charge in [-0.25, -0.2) is 8.78 Å². The van der Waals surface area contributed by atoms with Crippen molar-refractivity contribution >= 4 is 0 Å². The highest BCUT2D eigenvalue weighted by Crippen LogP contribution is 2.18. The molecular weight excluding hydrogens is 258 g/mol. The Kier molecular flexibility index (Phi) is 5.49. The molecule has 0 bridgehead atoms. The molecule has 1 aliphatic rings. The first-order valence-corrected chi connectivity index (χ1v) is 7.55. The molecule has 0 spiro atoms. The molecule has 2 unspecified atom stereocenters. The van der Waals surface area contributed by atoms with Crippen LogP contribution in [-0.4, -0.2) is 30.1 Å². The number of nitrogens with zero attached hydrogens (tertiary/aromatic N) is 1. The van der Waals surface area contributed by atoms with E-state index in [1.807, 2.05) is 0 Å². The van der Waals surface area contributed by atoms with Gasteiger partial charge in [0, 0.05) is 31.7 Å². The third kappa shape index (κ3) is 3.76. The highest BCUT2D eigenvalue weighted by molar-refractivity contribution is 5.18. The number of rotatable bonds is 5. The number of piperazine rings is 1. The Labute approximate surface area is 120 Å². The minimum Gasteiger partial charge on any atom is -0.311 e. The molecule has 0 aromatic heterocycles. The Bertz CT molecular complexity index is 436. The molecular formula is C16H24F2N2. The summed E-state index contributed by atoms with van der Waals surface area (Å²) in [7, 11) is 0. The van der Waals surface area contributed by atoms with Crippen LogP contribution in [0.15, 0.2) is 18.2 Å². The van der Waals surface area contributed by atoms with Crippen molar-refractivity contribution < 1.29 is 8.78 Å². The Hall–Kier alpha value is -1.00. The van der Waals surface area contributed by atoms with Gasteiger partial charge in [-0.1, -0.05) is 26.3 Å². The van der Waals surface area contributed by atoms with Gasteiger partial charge in [-0.15, -0.1) is 0 Å². The van der Waals surface area contributed by atoms with Gasteiger partial charge >= 0.3 is 0 Å². The summed E-state index contributed by atoms with van der Waals surface area (Å²) in [5.74, 6) is -1.53. The molecule has 0 aliphatic carbocycles. The zero-order valence-electron chi connectivity index (χ0n) is 12.3. The van der Waals surface area contributed by atoms with E-state index in [9.17, 15) is 8.78 Å². The molecule has 1 aromatic carbocycles. The van der Waals surface area contributed by atoms with Gasteiger partial charge in [0.25, 0.3) is 0 Å². The largest absolute Gasteiger partial charge is 0.311 e. The van der Waals surface area contributed by atoms with Crippen molar-refractivity contribution in [1.29, 1.82) is 0 Å². The maximum Gasteiger partial charge on any atom is 0.159 e. The molecule has 1 aliphatic heterocycles. The lowest BCUT2D eigenvalue weighted by molar-refractivity contribution is 0.113. The van der Waals surface area contributed by atoms with Gasteiger partial charge in [-0.3, -0.25) is 4.90 Å². The van der Waals surface area contributed by atoms with Crippen LogP contribution in [0.2, 0.25) is 0 Å². The average Bonchev–Trinajstić information content (AvgIpc) is 2.45. The van der Waals surface area contributed by atoms with Crippen molar-refractivity contribution in [3.63, 3.8) is 0 Å². The fraction of sp³-hybridized carbons (Fsp3) is 0.625. The Morgan fingerprint density at radius 2 is 2.05 bits per heavy atom. The third-order valence-corrected chi connectivity index (χ3v) is 4.10. The van der Waals surface area contributed by atoms with Crippen molar-refractivity contribution in [2.45, 2.75) is 51.7 Å². The molecule has 20 heavy (non-hydrogen) atoms. The summed E-state index contributed by atoms with van der Waals surface area (Å²) in [4.78, 5) is 2.40. The van der Waals surface area contributed by atoms with Gasteiger partial charge in [-0.05, 0) is 30.5 Å². The third-order valence-electron chi connectivity index (χ3n) is 4.10. The first-order valence-electron chi connectivity index (χ1n) is 7.55. The molecule has 1 fully saturated rings. The van der Waals surface area contributed by atoms with Crippen LogP contribution in [0, 0.1) is 11.6 Å². The van der Waals surface area contributed by atoms with Crippen molar-refractivity contribution in [3.05, 3.63) is 35.4 Å². The van der Waals surface area contributed by atoms with Crippen LogP contribution >= 0.6 is 0 Å². The summed E-state index contributed by atoms with van der Waals surface area (Å²) in [6.45, 7) is 7.01. The number of hydrogen-bond donors (Lipinski definition) is 1. The summed E-state index contributed by atoms with van der Waals surface area (Å²) in [6, 6.07) is 5.20. The van der Waals surface area contributed by atoms with E-state index in [2.05, 4.69) is 24.1 Å². The number of benzene rings is 1. The van der Waals surface area contributed by atoms with Crippen LogP contribution < -0.4 is 5.32 Å². The monoisotopic (exact) mass is 282 g/mol. The van der Waals surface area contributed by atoms with E-state index in [-0.39, 0.29) is 0 Å². The Morgan fingerprint density at radius 1 is 1.25 bits per heavy atom. The summed E-state index contributed by atoms with van der Waals surface area (Å²) < 4.78 is 26.3. The van der Waals surface area contributed by atoms with Crippen LogP contribution in [0.4, 0.5) is 8.78 Å². The molecule has 0 saturated carbocycles. The van der Waals surface area contributed by atoms with Crippen molar-refractivity contribution in [2.75, 3.05) is 13.1 Å². The standard InChI is InChI=1S/C16H24F2N2/c1-3-5-14-9-19-13(4-2)11-20(14)10-12-6-7-15(17)16(18)8-12/h6-8,13-14,19H,3-5,9-11H2,1-2H3. The van der Waals surface area contributed by atoms with Crippen molar-refractivity contribution in [2.24, 2.45) is 0 Å². The number of hydrogen-bond acceptors (Lipinski definition) is 2. The van der Waals surface area contributed by atoms with E-state index < -0.39 is 11.6 Å². The first kappa shape index (κ1) is 15.4. The zero-order valence-corrected chi connectivity index (χ0v) is 12.3. The molecule has 2 nitrogen and oxygen atoms in total. The fourth-order valence-electron chi connectivity index (χ4n) is 2.89. The summed E-state index contributed by atoms with van der Waals surface area (Å²) in [6.07, 6.45) is 3.36. The molecule has 112 valence electrons. The molecule has 2 atom stereocenters. The van der Waals surface area contributed by atoms with Crippen LogP contribution in [0.1, 0.15) is 38.7 Å². The Balaban J connectivity index is 2.07. The summed E-state index contributed by atoms with van der Waals surface area (Å²) in [5, 5.41) is 3.56. The zero-order chi connectivity index (χ0) is 14.5. The number of halogens is 2. The lowest BCUT2D eigenvalue weighted by atomic mass is 10.0. The summed E-state index contributed by atoms with van der Waals surface area (Å²) in [5.41, 5.74) is 0.849. The fourth-order valence-corrected chi connectivity index (χ4v) is 2.89. The van der Waals surface area contributed by atoms with Crippen LogP contribution in [0.5, 0.6) is 0 Å². The predicted octanol–water partition coefficient (Wildman–Crippen LogP) is 3.32. The molecule has 1 saturated heterocycles. The minimum atomic E-state index is -0.773. The van der Waals surface area contributed by atoms with Gasteiger partial charge < -0.3 is 5.32 Å². The van der Waals surface area contributed by atoms with Crippen LogP contribution in [-0.2, 0) is 6.54 Å². The van der Waals surface area contributed by atoms with E-state index in [1.54, 1.807) is 6.07 Å². The van der Waals surface area contributed by atoms with E-state index in [4.69, 9.17) is 0 Å². The van der Waals surface area contributed by atoms with Crippen molar-refractivity contribution in [1.82, 2.24) is 10.2 Å². The Morgan fingerprint density at radius 3 is 2.70 bits per heavy atom. The predicted molar refractivity (Wildman–Crippen MR) is 77.5 cm³/mol. The van der Waals surface area contributed by atoms with E-state index in [0.717, 1.165) is 37.9 Å². The quantitative estimate of drug-likeness (QED) is 0.891. The van der Waals surface area contributed by atoms with E-state index >= 15 is 0 Å². The van der Waals surface area contributed by atoms with E-state index in [0.29, 0.717) is 18.6 Å². The SMILES string of the molecule is CCCC1CNC(CC)CN1Cc1ccc(F)c(F)c1. The van der Waals surface area contributed by atoms with Gasteiger partial charge in [0.1, 0.15) is 0 Å². The molecule has 1 heterocycles. The smallest absolute Gasteiger partial charge is 0.159 e. The highest BCUT2D eigenvalue weighted by Gasteiger charge is 2.26. The lowest BCUT2D eigenvalue weighted by Gasteiger charge is -2.40. The molecule has 1 aromatic rings. The normalized spacial score (nSPS) is 24.0. The molecule has 0 amide bonds. The second-order valence-corrected chi connectivity index (χ2v) is 5.63. The van der Waals surface area contributed by atoms with Gasteiger partial charge in [-0.2, -0.15) is 0 Å². The molecule has 1 N–H and O–H groups in total. The summed E-state index contributed by atoms with van der Waals surface area (Å²) >= 11 is 0. The van der Waals surface area contributed by atoms with Crippen LogP contribution in [0.25, 0.3) is 0 Å². The number of nitrogens with one attached hydrogen (secondary N) is 1. The first-order chi connectivity index (χ1) is 9.63. The van der Waals surface area contributed by atoms with Crippen molar-refractivity contribution in [3.8, 4) is 0 Å². The van der Waals surface area contributed by atoms with Crippen LogP contribution in [0.3, 0.4) is 0 Å². The maximum atomic E-state index is 13.3. The maximum absolute atomic E-state index is 13.3. The van der Waals surface area contributed by atoms with E-state index in [1.165, 1.54) is 12.1 Å². The highest BCUT2D eigenvalue weighted by atomic mass is 19.2. The topological polar surface area (TPSA) is 15.3 Å². The molecule has 2 rings (SSSR count).